The minimum absolute atomic E-state index is 0.0852. The molecule has 29 heavy (non-hydrogen) atoms. The van der Waals surface area contributed by atoms with Crippen LogP contribution in [0.5, 0.6) is 5.75 Å². The summed E-state index contributed by atoms with van der Waals surface area (Å²) in [5.74, 6) is -0.476. The number of hydrogen-bond acceptors (Lipinski definition) is 6. The van der Waals surface area contributed by atoms with Crippen LogP contribution in [0.3, 0.4) is 0 Å². The van der Waals surface area contributed by atoms with Crippen LogP contribution in [0.4, 0.5) is 5.69 Å². The number of hydrogen-bond donors (Lipinski definition) is 2. The number of nitrogens with zero attached hydrogens (tertiary/aromatic N) is 2. The first kappa shape index (κ1) is 20.7. The fourth-order valence-corrected chi connectivity index (χ4v) is 4.60. The summed E-state index contributed by atoms with van der Waals surface area (Å²) in [6.07, 6.45) is 2.38. The number of aromatic nitrogens is 1. The molecule has 3 N–H and O–H groups in total. The van der Waals surface area contributed by atoms with Crippen molar-refractivity contribution in [1.29, 1.82) is 0 Å². The number of ether oxygens (including phenoxy) is 1. The van der Waals surface area contributed by atoms with Crippen molar-refractivity contribution in [3.63, 3.8) is 0 Å². The molecule has 1 aromatic heterocycles. The van der Waals surface area contributed by atoms with Crippen LogP contribution >= 0.6 is 0 Å². The monoisotopic (exact) mass is 418 g/mol. The van der Waals surface area contributed by atoms with Gasteiger partial charge in [-0.2, -0.15) is 4.31 Å². The Hall–Kier alpha value is -2.98. The number of nitrogens with one attached hydrogen (secondary N) is 1. The number of amides is 2. The van der Waals surface area contributed by atoms with Crippen molar-refractivity contribution in [2.45, 2.75) is 30.8 Å². The van der Waals surface area contributed by atoms with E-state index in [4.69, 9.17) is 10.5 Å². The van der Waals surface area contributed by atoms with Gasteiger partial charge in [0.25, 0.3) is 5.91 Å². The van der Waals surface area contributed by atoms with E-state index in [9.17, 15) is 18.0 Å². The summed E-state index contributed by atoms with van der Waals surface area (Å²) in [6.45, 7) is 1.95. The Bertz CT molecular complexity index is 1010. The minimum atomic E-state index is -3.70. The van der Waals surface area contributed by atoms with E-state index >= 15 is 0 Å². The third-order valence-corrected chi connectivity index (χ3v) is 6.32. The molecule has 0 bridgehead atoms. The van der Waals surface area contributed by atoms with E-state index in [1.54, 1.807) is 18.2 Å². The zero-order chi connectivity index (χ0) is 21.0. The maximum atomic E-state index is 13.0. The van der Waals surface area contributed by atoms with Crippen molar-refractivity contribution in [3.05, 3.63) is 48.3 Å². The number of benzene rings is 1. The summed E-state index contributed by atoms with van der Waals surface area (Å²) in [5, 5.41) is 2.60. The highest BCUT2D eigenvalue weighted by Gasteiger charge is 2.31. The Balaban J connectivity index is 1.71. The molecule has 154 valence electrons. The topological polar surface area (TPSA) is 132 Å². The van der Waals surface area contributed by atoms with Gasteiger partial charge in [-0.05, 0) is 43.2 Å². The number of sulfonamides is 1. The lowest BCUT2D eigenvalue weighted by atomic mass is 10.1. The predicted octanol–water partition coefficient (Wildman–Crippen LogP) is 1.37. The molecule has 1 saturated heterocycles. The molecule has 0 aliphatic carbocycles. The van der Waals surface area contributed by atoms with Crippen molar-refractivity contribution < 1.29 is 22.7 Å². The second-order valence-electron chi connectivity index (χ2n) is 6.69. The van der Waals surface area contributed by atoms with Gasteiger partial charge in [-0.3, -0.25) is 14.6 Å². The molecule has 1 atom stereocenters. The van der Waals surface area contributed by atoms with Gasteiger partial charge >= 0.3 is 0 Å². The molecule has 1 aliphatic heterocycles. The molecule has 1 aromatic carbocycles. The molecular weight excluding hydrogens is 396 g/mol. The molecule has 2 amide bonds. The Morgan fingerprint density at radius 3 is 2.62 bits per heavy atom. The molecule has 1 unspecified atom stereocenters. The van der Waals surface area contributed by atoms with Crippen molar-refractivity contribution in [2.75, 3.05) is 18.4 Å². The van der Waals surface area contributed by atoms with E-state index in [0.29, 0.717) is 30.8 Å². The first-order valence-electron chi connectivity index (χ1n) is 9.06. The second kappa shape index (κ2) is 8.58. The van der Waals surface area contributed by atoms with E-state index in [-0.39, 0.29) is 29.1 Å². The highest BCUT2D eigenvalue weighted by atomic mass is 32.2. The van der Waals surface area contributed by atoms with Crippen molar-refractivity contribution in [2.24, 2.45) is 5.73 Å². The number of rotatable bonds is 6. The fourth-order valence-electron chi connectivity index (χ4n) is 3.09. The number of carbonyl (C=O) groups excluding carboxylic acids is 2. The molecule has 1 aliphatic rings. The Kier molecular flexibility index (Phi) is 6.14. The summed E-state index contributed by atoms with van der Waals surface area (Å²) in [6, 6.07) is 9.07. The van der Waals surface area contributed by atoms with E-state index in [0.717, 1.165) is 0 Å². The van der Waals surface area contributed by atoms with Gasteiger partial charge in [-0.25, -0.2) is 8.42 Å². The van der Waals surface area contributed by atoms with Crippen LogP contribution in [0.25, 0.3) is 0 Å². The van der Waals surface area contributed by atoms with E-state index in [1.165, 1.54) is 35.6 Å². The average Bonchev–Trinajstić information content (AvgIpc) is 2.68. The van der Waals surface area contributed by atoms with Gasteiger partial charge in [0, 0.05) is 31.4 Å². The Morgan fingerprint density at radius 2 is 1.97 bits per heavy atom. The number of piperidine rings is 1. The molecular formula is C19H22N4O5S. The summed E-state index contributed by atoms with van der Waals surface area (Å²) >= 11 is 0. The molecule has 3 rings (SSSR count). The van der Waals surface area contributed by atoms with Crippen LogP contribution in [0.1, 0.15) is 30.3 Å². The zero-order valence-corrected chi connectivity index (χ0v) is 16.7. The number of carbonyl (C=O) groups is 2. The SMILES string of the molecule is CC(=O)Nc1ccc(S(=O)(=O)N2CCCC(Oc3ccnc(C(N)=O)c3)C2)cc1. The third kappa shape index (κ3) is 5.09. The standard InChI is InChI=1S/C19H22N4O5S/c1-13(24)22-14-4-6-17(7-5-14)29(26,27)23-10-2-3-16(12-23)28-15-8-9-21-18(11-15)19(20)25/h4-9,11,16H,2-3,10,12H2,1H3,(H2,20,25)(H,22,24). The van der Waals surface area contributed by atoms with Crippen LogP contribution < -0.4 is 15.8 Å². The summed E-state index contributed by atoms with van der Waals surface area (Å²) in [5.41, 5.74) is 5.84. The smallest absolute Gasteiger partial charge is 0.267 e. The first-order valence-corrected chi connectivity index (χ1v) is 10.5. The van der Waals surface area contributed by atoms with Gasteiger partial charge in [0.1, 0.15) is 17.5 Å². The molecule has 0 radical (unpaired) electrons. The summed E-state index contributed by atoms with van der Waals surface area (Å²) in [7, 11) is -3.70. The highest BCUT2D eigenvalue weighted by molar-refractivity contribution is 7.89. The average molecular weight is 418 g/mol. The summed E-state index contributed by atoms with van der Waals surface area (Å²) < 4.78 is 33.2. The number of primary amides is 1. The maximum absolute atomic E-state index is 13.0. The number of nitrogens with two attached hydrogens (primary N) is 1. The van der Waals surface area contributed by atoms with Gasteiger partial charge in [-0.1, -0.05) is 0 Å². The largest absolute Gasteiger partial charge is 0.489 e. The maximum Gasteiger partial charge on any atom is 0.267 e. The van der Waals surface area contributed by atoms with E-state index < -0.39 is 15.9 Å². The van der Waals surface area contributed by atoms with Crippen molar-refractivity contribution >= 4 is 27.5 Å². The van der Waals surface area contributed by atoms with Crippen LogP contribution in [-0.4, -0.2) is 48.7 Å². The normalized spacial score (nSPS) is 17.5. The molecule has 2 heterocycles. The van der Waals surface area contributed by atoms with Crippen LogP contribution in [0.15, 0.2) is 47.5 Å². The van der Waals surface area contributed by atoms with Crippen molar-refractivity contribution in [1.82, 2.24) is 9.29 Å². The molecule has 9 nitrogen and oxygen atoms in total. The second-order valence-corrected chi connectivity index (χ2v) is 8.63. The Morgan fingerprint density at radius 1 is 1.24 bits per heavy atom. The zero-order valence-electron chi connectivity index (χ0n) is 15.9. The lowest BCUT2D eigenvalue weighted by Gasteiger charge is -2.32. The highest BCUT2D eigenvalue weighted by Crippen LogP contribution is 2.24. The fraction of sp³-hybridized carbons (Fsp3) is 0.316. The summed E-state index contributed by atoms with van der Waals surface area (Å²) in [4.78, 5) is 26.4. The van der Waals surface area contributed by atoms with Gasteiger partial charge in [0.2, 0.25) is 15.9 Å². The predicted molar refractivity (Wildman–Crippen MR) is 106 cm³/mol. The number of anilines is 1. The Labute approximate surface area is 168 Å². The third-order valence-electron chi connectivity index (χ3n) is 4.44. The van der Waals surface area contributed by atoms with Gasteiger partial charge in [-0.15, -0.1) is 0 Å². The minimum Gasteiger partial charge on any atom is -0.489 e. The lowest BCUT2D eigenvalue weighted by Crippen LogP contribution is -2.44. The molecule has 2 aromatic rings. The number of pyridine rings is 1. The van der Waals surface area contributed by atoms with Gasteiger partial charge in [0.15, 0.2) is 0 Å². The van der Waals surface area contributed by atoms with Crippen molar-refractivity contribution in [3.8, 4) is 5.75 Å². The molecule has 10 heteroatoms. The molecule has 0 spiro atoms. The molecule has 0 saturated carbocycles. The quantitative estimate of drug-likeness (QED) is 0.728. The van der Waals surface area contributed by atoms with E-state index in [2.05, 4.69) is 10.3 Å². The lowest BCUT2D eigenvalue weighted by molar-refractivity contribution is -0.114. The molecule has 1 fully saturated rings. The van der Waals surface area contributed by atoms with E-state index in [1.807, 2.05) is 0 Å². The van der Waals surface area contributed by atoms with Gasteiger partial charge < -0.3 is 15.8 Å². The van der Waals surface area contributed by atoms with Crippen LogP contribution in [0.2, 0.25) is 0 Å². The first-order chi connectivity index (χ1) is 13.8. The van der Waals surface area contributed by atoms with Crippen LogP contribution in [0, 0.1) is 0 Å². The van der Waals surface area contributed by atoms with Gasteiger partial charge in [0.05, 0.1) is 11.4 Å². The van der Waals surface area contributed by atoms with Crippen LogP contribution in [-0.2, 0) is 14.8 Å².